The average Bonchev–Trinajstić information content (AvgIpc) is 1.86. The second-order valence-corrected chi connectivity index (χ2v) is 2.80. The molecule has 2 N–H and O–H groups in total. The highest BCUT2D eigenvalue weighted by molar-refractivity contribution is 6.45. The van der Waals surface area contributed by atoms with Gasteiger partial charge in [-0.1, -0.05) is 23.2 Å². The minimum atomic E-state index is -4.19. The van der Waals surface area contributed by atoms with Gasteiger partial charge in [0, 0.05) is 0 Å². The molecule has 0 aromatic heterocycles. The highest BCUT2D eigenvalue weighted by Gasteiger charge is 2.63. The zero-order chi connectivity index (χ0) is 10.2. The van der Waals surface area contributed by atoms with Crippen molar-refractivity contribution in [3.63, 3.8) is 0 Å². The highest BCUT2D eigenvalue weighted by atomic mass is 35.5. The Labute approximate surface area is 74.7 Å². The van der Waals surface area contributed by atoms with Crippen LogP contribution in [-0.4, -0.2) is 32.4 Å². The topological polar surface area (TPSA) is 74.6 Å². The van der Waals surface area contributed by atoms with Gasteiger partial charge in [-0.2, -0.15) is 0 Å². The lowest BCUT2D eigenvalue weighted by molar-refractivity contribution is -0.162. The van der Waals surface area contributed by atoms with Crippen molar-refractivity contribution < 1.29 is 28.6 Å². The van der Waals surface area contributed by atoms with E-state index in [1.54, 1.807) is 0 Å². The van der Waals surface area contributed by atoms with Crippen molar-refractivity contribution in [1.82, 2.24) is 0 Å². The van der Waals surface area contributed by atoms with E-state index >= 15 is 0 Å². The van der Waals surface area contributed by atoms with Gasteiger partial charge in [-0.3, -0.25) is 0 Å². The van der Waals surface area contributed by atoms with Crippen LogP contribution in [0.25, 0.3) is 0 Å². The van der Waals surface area contributed by atoms with Gasteiger partial charge < -0.3 is 10.2 Å². The SMILES string of the molecule is O=C(O)C(F)(Cl)C(F)(Cl)C(=O)O. The van der Waals surface area contributed by atoms with E-state index in [2.05, 4.69) is 23.2 Å². The van der Waals surface area contributed by atoms with Gasteiger partial charge in [0.2, 0.25) is 0 Å². The lowest BCUT2D eigenvalue weighted by atomic mass is 10.2. The van der Waals surface area contributed by atoms with Crippen molar-refractivity contribution in [3.05, 3.63) is 0 Å². The van der Waals surface area contributed by atoms with E-state index in [0.29, 0.717) is 0 Å². The lowest BCUT2D eigenvalue weighted by Gasteiger charge is -2.20. The first kappa shape index (κ1) is 11.4. The van der Waals surface area contributed by atoms with Gasteiger partial charge in [0.1, 0.15) is 0 Å². The molecule has 2 atom stereocenters. The summed E-state index contributed by atoms with van der Waals surface area (Å²) in [5, 5.41) is 7.47. The quantitative estimate of drug-likeness (QED) is 0.698. The molecule has 0 amide bonds. The van der Waals surface area contributed by atoms with Gasteiger partial charge in [-0.25, -0.2) is 18.4 Å². The van der Waals surface area contributed by atoms with Crippen LogP contribution in [0.5, 0.6) is 0 Å². The summed E-state index contributed by atoms with van der Waals surface area (Å²) < 4.78 is 25.0. The minimum absolute atomic E-state index is 2.51. The molecule has 70 valence electrons. The number of hydrogen-bond donors (Lipinski definition) is 2. The third-order valence-corrected chi connectivity index (χ3v) is 1.87. The normalized spacial score (nSPS) is 20.7. The van der Waals surface area contributed by atoms with Crippen LogP contribution in [0.3, 0.4) is 0 Å². The lowest BCUT2D eigenvalue weighted by Crippen LogP contribution is -2.50. The van der Waals surface area contributed by atoms with E-state index in [9.17, 15) is 18.4 Å². The number of rotatable bonds is 3. The first-order chi connectivity index (χ1) is 5.14. The number of alkyl halides is 4. The van der Waals surface area contributed by atoms with Gasteiger partial charge in [-0.05, 0) is 0 Å². The van der Waals surface area contributed by atoms with Crippen LogP contribution in [0, 0.1) is 0 Å². The number of halogens is 4. The molecule has 0 radical (unpaired) electrons. The van der Waals surface area contributed by atoms with Crippen molar-refractivity contribution in [1.29, 1.82) is 0 Å². The molecule has 0 aromatic carbocycles. The van der Waals surface area contributed by atoms with E-state index in [4.69, 9.17) is 10.2 Å². The zero-order valence-electron chi connectivity index (χ0n) is 5.22. The molecule has 0 rings (SSSR count). The molecule has 0 heterocycles. The first-order valence-electron chi connectivity index (χ1n) is 2.36. The monoisotopic (exact) mass is 222 g/mol. The number of carboxylic acid groups (broad SMARTS) is 2. The Morgan fingerprint density at radius 2 is 1.17 bits per heavy atom. The predicted molar refractivity (Wildman–Crippen MR) is 34.7 cm³/mol. The Hall–Kier alpha value is -0.620. The Kier molecular flexibility index (Phi) is 2.87. The van der Waals surface area contributed by atoms with Crippen molar-refractivity contribution in [3.8, 4) is 0 Å². The summed E-state index contributed by atoms with van der Waals surface area (Å²) in [5.74, 6) is -5.02. The fourth-order valence-electron chi connectivity index (χ4n) is 0.269. The van der Waals surface area contributed by atoms with E-state index in [1.165, 1.54) is 0 Å². The van der Waals surface area contributed by atoms with Crippen molar-refractivity contribution >= 4 is 35.1 Å². The van der Waals surface area contributed by atoms with E-state index in [1.807, 2.05) is 0 Å². The van der Waals surface area contributed by atoms with Crippen LogP contribution in [0.2, 0.25) is 0 Å². The van der Waals surface area contributed by atoms with Crippen LogP contribution in [0.1, 0.15) is 0 Å². The molecule has 0 aliphatic heterocycles. The molecule has 4 nitrogen and oxygen atoms in total. The van der Waals surface area contributed by atoms with Crippen LogP contribution < -0.4 is 0 Å². The average molecular weight is 223 g/mol. The summed E-state index contributed by atoms with van der Waals surface area (Å²) in [5.41, 5.74) is 0. The van der Waals surface area contributed by atoms with Crippen molar-refractivity contribution in [2.24, 2.45) is 0 Å². The number of carbonyl (C=O) groups is 2. The van der Waals surface area contributed by atoms with E-state index < -0.39 is 22.2 Å². The number of hydrogen-bond acceptors (Lipinski definition) is 2. The molecule has 0 saturated carbocycles. The maximum atomic E-state index is 12.5. The van der Waals surface area contributed by atoms with Gasteiger partial charge in [-0.15, -0.1) is 0 Å². The second kappa shape index (κ2) is 3.02. The fraction of sp³-hybridized carbons (Fsp3) is 0.500. The molecular formula is C4H2Cl2F2O4. The molecule has 0 aromatic rings. The largest absolute Gasteiger partial charge is 0.478 e. The van der Waals surface area contributed by atoms with Crippen LogP contribution >= 0.6 is 23.2 Å². The molecule has 2 unspecified atom stereocenters. The summed E-state index contributed by atoms with van der Waals surface area (Å²) in [6.07, 6.45) is 0. The molecule has 0 aliphatic carbocycles. The van der Waals surface area contributed by atoms with Crippen molar-refractivity contribution in [2.75, 3.05) is 0 Å². The van der Waals surface area contributed by atoms with Crippen LogP contribution in [0.4, 0.5) is 8.78 Å². The summed E-state index contributed by atoms with van der Waals surface area (Å²) in [6.45, 7) is 0. The molecular weight excluding hydrogens is 221 g/mol. The molecule has 0 spiro atoms. The summed E-state index contributed by atoms with van der Waals surface area (Å²) >= 11 is 8.81. The Morgan fingerprint density at radius 3 is 1.25 bits per heavy atom. The Bertz CT molecular complexity index is 203. The first-order valence-corrected chi connectivity index (χ1v) is 3.12. The minimum Gasteiger partial charge on any atom is -0.478 e. The fourth-order valence-corrected chi connectivity index (χ4v) is 0.430. The standard InChI is InChI=1S/C4H2Cl2F2O4/c5-3(7,1(9)10)4(6,8)2(11)12/h(H,9,10)(H,11,12). The van der Waals surface area contributed by atoms with Crippen LogP contribution in [0.15, 0.2) is 0 Å². The highest BCUT2D eigenvalue weighted by Crippen LogP contribution is 2.38. The van der Waals surface area contributed by atoms with Gasteiger partial charge in [0.15, 0.2) is 0 Å². The smallest absolute Gasteiger partial charge is 0.362 e. The Morgan fingerprint density at radius 1 is 1.00 bits per heavy atom. The summed E-state index contributed by atoms with van der Waals surface area (Å²) in [7, 11) is 0. The molecule has 12 heavy (non-hydrogen) atoms. The van der Waals surface area contributed by atoms with E-state index in [0.717, 1.165) is 0 Å². The maximum absolute atomic E-state index is 12.5. The zero-order valence-corrected chi connectivity index (χ0v) is 6.73. The van der Waals surface area contributed by atoms with Crippen LogP contribution in [-0.2, 0) is 9.59 Å². The number of aliphatic carboxylic acids is 2. The molecule has 0 bridgehead atoms. The Balaban J connectivity index is 5.01. The van der Waals surface area contributed by atoms with Gasteiger partial charge >= 0.3 is 22.2 Å². The molecule has 0 saturated heterocycles. The van der Waals surface area contributed by atoms with E-state index in [-0.39, 0.29) is 0 Å². The third-order valence-electron chi connectivity index (χ3n) is 0.932. The molecule has 0 fully saturated rings. The molecule has 0 aliphatic rings. The maximum Gasteiger partial charge on any atom is 0.362 e. The van der Waals surface area contributed by atoms with Gasteiger partial charge in [0.05, 0.1) is 0 Å². The second-order valence-electron chi connectivity index (χ2n) is 1.76. The number of carboxylic acids is 2. The van der Waals surface area contributed by atoms with Gasteiger partial charge in [0.25, 0.3) is 0 Å². The predicted octanol–water partition coefficient (Wildman–Crippen LogP) is 0.965. The molecule has 8 heteroatoms. The van der Waals surface area contributed by atoms with Crippen molar-refractivity contribution in [2.45, 2.75) is 10.3 Å². The summed E-state index contributed by atoms with van der Waals surface area (Å²) in [6, 6.07) is 0. The third kappa shape index (κ3) is 1.59. The summed E-state index contributed by atoms with van der Waals surface area (Å²) in [4.78, 5) is 19.8.